The van der Waals surface area contributed by atoms with Crippen LogP contribution in [-0.2, 0) is 6.54 Å². The lowest BCUT2D eigenvalue weighted by Crippen LogP contribution is -2.26. The van der Waals surface area contributed by atoms with E-state index in [0.29, 0.717) is 12.1 Å². The first kappa shape index (κ1) is 13.7. The molecule has 0 aliphatic carbocycles. The van der Waals surface area contributed by atoms with Gasteiger partial charge < -0.3 is 4.90 Å². The third-order valence-electron chi connectivity index (χ3n) is 3.06. The molecule has 2 nitrogen and oxygen atoms in total. The number of thiol groups is 1. The van der Waals surface area contributed by atoms with Crippen molar-refractivity contribution in [3.63, 3.8) is 0 Å². The topological polar surface area (TPSA) is 20.3 Å². The van der Waals surface area contributed by atoms with Gasteiger partial charge in [-0.25, -0.2) is 0 Å². The Morgan fingerprint density at radius 1 is 1.16 bits per heavy atom. The Balaban J connectivity index is 2.17. The number of rotatable bonds is 3. The second-order valence-corrected chi connectivity index (χ2v) is 5.16. The normalized spacial score (nSPS) is 10.3. The Hall–Kier alpha value is -1.74. The van der Waals surface area contributed by atoms with Crippen molar-refractivity contribution in [2.45, 2.75) is 18.4 Å². The van der Waals surface area contributed by atoms with Gasteiger partial charge in [-0.1, -0.05) is 36.4 Å². The average Bonchev–Trinajstić information content (AvgIpc) is 2.42. The molecular weight excluding hydrogens is 254 g/mol. The Morgan fingerprint density at radius 2 is 1.84 bits per heavy atom. The highest BCUT2D eigenvalue weighted by Crippen LogP contribution is 2.16. The van der Waals surface area contributed by atoms with Gasteiger partial charge >= 0.3 is 0 Å². The van der Waals surface area contributed by atoms with Crippen molar-refractivity contribution in [1.82, 2.24) is 4.90 Å². The lowest BCUT2D eigenvalue weighted by atomic mass is 10.1. The summed E-state index contributed by atoms with van der Waals surface area (Å²) in [4.78, 5) is 14.9. The molecule has 0 aliphatic rings. The van der Waals surface area contributed by atoms with Gasteiger partial charge in [0.05, 0.1) is 0 Å². The van der Waals surface area contributed by atoms with E-state index in [4.69, 9.17) is 0 Å². The molecule has 2 aromatic rings. The minimum Gasteiger partial charge on any atom is -0.337 e. The highest BCUT2D eigenvalue weighted by Gasteiger charge is 2.14. The summed E-state index contributed by atoms with van der Waals surface area (Å²) in [6.07, 6.45) is 0. The summed E-state index contributed by atoms with van der Waals surface area (Å²) >= 11 is 4.29. The molecule has 1 amide bonds. The van der Waals surface area contributed by atoms with Crippen LogP contribution >= 0.6 is 12.6 Å². The maximum absolute atomic E-state index is 12.4. The summed E-state index contributed by atoms with van der Waals surface area (Å²) in [7, 11) is 1.82. The Labute approximate surface area is 119 Å². The van der Waals surface area contributed by atoms with Gasteiger partial charge in [-0.2, -0.15) is 0 Å². The van der Waals surface area contributed by atoms with Crippen molar-refractivity contribution in [2.24, 2.45) is 0 Å². The van der Waals surface area contributed by atoms with Crippen molar-refractivity contribution in [3.05, 3.63) is 65.2 Å². The van der Waals surface area contributed by atoms with Crippen LogP contribution in [-0.4, -0.2) is 17.9 Å². The molecule has 0 N–H and O–H groups in total. The van der Waals surface area contributed by atoms with E-state index in [9.17, 15) is 4.79 Å². The van der Waals surface area contributed by atoms with Gasteiger partial charge in [0.1, 0.15) is 0 Å². The highest BCUT2D eigenvalue weighted by molar-refractivity contribution is 7.80. The van der Waals surface area contributed by atoms with Crippen molar-refractivity contribution in [1.29, 1.82) is 0 Å². The summed E-state index contributed by atoms with van der Waals surface area (Å²) in [6, 6.07) is 15.6. The van der Waals surface area contributed by atoms with Gasteiger partial charge in [-0.05, 0) is 30.2 Å². The zero-order chi connectivity index (χ0) is 13.8. The zero-order valence-electron chi connectivity index (χ0n) is 11.1. The number of hydrogen-bond acceptors (Lipinski definition) is 2. The lowest BCUT2D eigenvalue weighted by molar-refractivity contribution is 0.0784. The molecule has 2 aromatic carbocycles. The van der Waals surface area contributed by atoms with E-state index in [0.717, 1.165) is 16.0 Å². The number of amides is 1. The molecule has 0 atom stereocenters. The quantitative estimate of drug-likeness (QED) is 0.846. The van der Waals surface area contributed by atoms with E-state index in [2.05, 4.69) is 12.6 Å². The molecule has 98 valence electrons. The van der Waals surface area contributed by atoms with Crippen LogP contribution in [0.3, 0.4) is 0 Å². The van der Waals surface area contributed by atoms with Gasteiger partial charge in [-0.15, -0.1) is 12.6 Å². The SMILES string of the molecule is Cc1ccc(S)cc1C(=O)N(C)Cc1ccccc1. The number of nitrogens with zero attached hydrogens (tertiary/aromatic N) is 1. The van der Waals surface area contributed by atoms with Crippen LogP contribution in [0.4, 0.5) is 0 Å². The number of carbonyl (C=O) groups is 1. The Bertz CT molecular complexity index is 581. The number of hydrogen-bond donors (Lipinski definition) is 1. The molecule has 2 rings (SSSR count). The average molecular weight is 271 g/mol. The van der Waals surface area contributed by atoms with E-state index in [-0.39, 0.29) is 5.91 Å². The first-order chi connectivity index (χ1) is 9.08. The molecule has 3 heteroatoms. The van der Waals surface area contributed by atoms with E-state index in [1.165, 1.54) is 0 Å². The fourth-order valence-electron chi connectivity index (χ4n) is 1.98. The second-order valence-electron chi connectivity index (χ2n) is 4.65. The molecule has 0 spiro atoms. The maximum Gasteiger partial charge on any atom is 0.254 e. The van der Waals surface area contributed by atoms with Crippen LogP contribution in [0.2, 0.25) is 0 Å². The zero-order valence-corrected chi connectivity index (χ0v) is 12.0. The number of aryl methyl sites for hydroxylation is 1. The van der Waals surface area contributed by atoms with E-state index < -0.39 is 0 Å². The minimum atomic E-state index is 0.0252. The third kappa shape index (κ3) is 3.38. The van der Waals surface area contributed by atoms with Crippen LogP contribution in [0.1, 0.15) is 21.5 Å². The third-order valence-corrected chi connectivity index (χ3v) is 3.34. The molecule has 0 bridgehead atoms. The van der Waals surface area contributed by atoms with Gasteiger partial charge in [0, 0.05) is 24.1 Å². The van der Waals surface area contributed by atoms with E-state index in [1.54, 1.807) is 4.90 Å². The summed E-state index contributed by atoms with van der Waals surface area (Å²) in [5.74, 6) is 0.0252. The fourth-order valence-corrected chi connectivity index (χ4v) is 2.18. The summed E-state index contributed by atoms with van der Waals surface area (Å²) in [6.45, 7) is 2.55. The molecule has 0 unspecified atom stereocenters. The standard InChI is InChI=1S/C16H17NOS/c1-12-8-9-14(19)10-15(12)16(18)17(2)11-13-6-4-3-5-7-13/h3-10,19H,11H2,1-2H3. The molecule has 0 saturated heterocycles. The lowest BCUT2D eigenvalue weighted by Gasteiger charge is -2.18. The van der Waals surface area contributed by atoms with Crippen LogP contribution < -0.4 is 0 Å². The molecule has 19 heavy (non-hydrogen) atoms. The van der Waals surface area contributed by atoms with E-state index >= 15 is 0 Å². The fraction of sp³-hybridized carbons (Fsp3) is 0.188. The summed E-state index contributed by atoms with van der Waals surface area (Å²) < 4.78 is 0. The van der Waals surface area contributed by atoms with E-state index in [1.807, 2.05) is 62.5 Å². The molecule has 0 aromatic heterocycles. The Morgan fingerprint density at radius 3 is 2.53 bits per heavy atom. The maximum atomic E-state index is 12.4. The van der Waals surface area contributed by atoms with Crippen LogP contribution in [0.25, 0.3) is 0 Å². The largest absolute Gasteiger partial charge is 0.337 e. The highest BCUT2D eigenvalue weighted by atomic mass is 32.1. The van der Waals surface area contributed by atoms with Crippen LogP contribution in [0.5, 0.6) is 0 Å². The molecule has 0 radical (unpaired) electrons. The van der Waals surface area contributed by atoms with Crippen LogP contribution in [0.15, 0.2) is 53.4 Å². The van der Waals surface area contributed by atoms with Gasteiger partial charge in [-0.3, -0.25) is 4.79 Å². The molecular formula is C16H17NOS. The summed E-state index contributed by atoms with van der Waals surface area (Å²) in [5, 5.41) is 0. The first-order valence-electron chi connectivity index (χ1n) is 6.17. The van der Waals surface area contributed by atoms with Crippen molar-refractivity contribution < 1.29 is 4.79 Å². The predicted octanol–water partition coefficient (Wildman–Crippen LogP) is 3.56. The number of carbonyl (C=O) groups excluding carboxylic acids is 1. The monoisotopic (exact) mass is 271 g/mol. The van der Waals surface area contributed by atoms with Crippen molar-refractivity contribution >= 4 is 18.5 Å². The summed E-state index contributed by atoms with van der Waals surface area (Å²) in [5.41, 5.74) is 2.81. The van der Waals surface area contributed by atoms with Crippen LogP contribution in [0, 0.1) is 6.92 Å². The molecule has 0 fully saturated rings. The molecule has 0 saturated carbocycles. The van der Waals surface area contributed by atoms with Crippen molar-refractivity contribution in [2.75, 3.05) is 7.05 Å². The molecule has 0 heterocycles. The van der Waals surface area contributed by atoms with Gasteiger partial charge in [0.25, 0.3) is 5.91 Å². The van der Waals surface area contributed by atoms with Gasteiger partial charge in [0.2, 0.25) is 0 Å². The predicted molar refractivity (Wildman–Crippen MR) is 80.7 cm³/mol. The molecule has 0 aliphatic heterocycles. The Kier molecular flexibility index (Phi) is 4.27. The smallest absolute Gasteiger partial charge is 0.254 e. The van der Waals surface area contributed by atoms with Gasteiger partial charge in [0.15, 0.2) is 0 Å². The number of benzene rings is 2. The second kappa shape index (κ2) is 5.93. The van der Waals surface area contributed by atoms with Crippen molar-refractivity contribution in [3.8, 4) is 0 Å². The first-order valence-corrected chi connectivity index (χ1v) is 6.61. The minimum absolute atomic E-state index is 0.0252.